The molecule has 0 aromatic carbocycles. The predicted molar refractivity (Wildman–Crippen MR) is 85.6 cm³/mol. The number of thiophene rings is 1. The lowest BCUT2D eigenvalue weighted by molar-refractivity contribution is 0.0920. The first kappa shape index (κ1) is 16.2. The van der Waals surface area contributed by atoms with Gasteiger partial charge in [-0.1, -0.05) is 13.8 Å². The maximum Gasteiger partial charge on any atom is 0.0354 e. The van der Waals surface area contributed by atoms with Gasteiger partial charge in [-0.2, -0.15) is 0 Å². The average molecular weight is 333 g/mol. The van der Waals surface area contributed by atoms with Crippen molar-refractivity contribution in [3.8, 4) is 0 Å². The summed E-state index contributed by atoms with van der Waals surface area (Å²) in [6.45, 7) is 4.58. The fourth-order valence-electron chi connectivity index (χ4n) is 2.90. The van der Waals surface area contributed by atoms with Gasteiger partial charge in [0.15, 0.2) is 0 Å². The van der Waals surface area contributed by atoms with Gasteiger partial charge in [0.2, 0.25) is 0 Å². The quantitative estimate of drug-likeness (QED) is 0.817. The maximum atomic E-state index is 3.64. The molecule has 1 unspecified atom stereocenters. The second-order valence-corrected chi connectivity index (χ2v) is 6.80. The van der Waals surface area contributed by atoms with E-state index in [0.29, 0.717) is 6.04 Å². The molecule has 0 fully saturated rings. The molecule has 2 nitrogen and oxygen atoms in total. The summed E-state index contributed by atoms with van der Waals surface area (Å²) in [4.78, 5) is 3.82. The van der Waals surface area contributed by atoms with Gasteiger partial charge in [-0.3, -0.25) is 0 Å². The van der Waals surface area contributed by atoms with E-state index in [9.17, 15) is 0 Å². The number of nitrogens with one attached hydrogen (secondary N) is 1. The fourth-order valence-corrected chi connectivity index (χ4v) is 4.47. The van der Waals surface area contributed by atoms with E-state index in [0.717, 1.165) is 19.3 Å². The van der Waals surface area contributed by atoms with E-state index in [1.165, 1.54) is 9.35 Å². The summed E-state index contributed by atoms with van der Waals surface area (Å²) in [5.74, 6) is 0. The van der Waals surface area contributed by atoms with Crippen LogP contribution < -0.4 is 5.32 Å². The molecule has 0 saturated carbocycles. The summed E-state index contributed by atoms with van der Waals surface area (Å²) >= 11 is 5.48. The second kappa shape index (κ2) is 7.04. The average Bonchev–Trinajstić information content (AvgIpc) is 2.75. The Morgan fingerprint density at radius 3 is 2.33 bits per heavy atom. The van der Waals surface area contributed by atoms with Gasteiger partial charge in [-0.15, -0.1) is 11.3 Å². The van der Waals surface area contributed by atoms with Crippen molar-refractivity contribution < 1.29 is 0 Å². The highest BCUT2D eigenvalue weighted by Gasteiger charge is 2.37. The van der Waals surface area contributed by atoms with E-state index >= 15 is 0 Å². The smallest absolute Gasteiger partial charge is 0.0354 e. The number of hydrogen-bond acceptors (Lipinski definition) is 3. The van der Waals surface area contributed by atoms with Crippen LogP contribution in [0.15, 0.2) is 15.9 Å². The topological polar surface area (TPSA) is 15.3 Å². The monoisotopic (exact) mass is 332 g/mol. The fraction of sp³-hybridized carbons (Fsp3) is 0.714. The molecule has 0 aliphatic heterocycles. The van der Waals surface area contributed by atoms with Crippen molar-refractivity contribution >= 4 is 27.3 Å². The molecular weight excluding hydrogens is 308 g/mol. The number of likely N-dealkylation sites (N-methyl/N-ethyl adjacent to an activating group) is 2. The zero-order valence-corrected chi connectivity index (χ0v) is 14.5. The number of nitrogens with zero attached hydrogens (tertiary/aromatic N) is 1. The summed E-state index contributed by atoms with van der Waals surface area (Å²) in [6, 6.07) is 2.61. The van der Waals surface area contributed by atoms with Crippen molar-refractivity contribution in [2.75, 3.05) is 21.1 Å². The summed E-state index contributed by atoms with van der Waals surface area (Å²) < 4.78 is 1.24. The first-order chi connectivity index (χ1) is 8.51. The highest BCUT2D eigenvalue weighted by molar-refractivity contribution is 9.10. The molecule has 0 aliphatic rings. The highest BCUT2D eigenvalue weighted by atomic mass is 79.9. The van der Waals surface area contributed by atoms with Crippen molar-refractivity contribution in [3.05, 3.63) is 20.8 Å². The van der Waals surface area contributed by atoms with Crippen molar-refractivity contribution in [2.24, 2.45) is 0 Å². The van der Waals surface area contributed by atoms with Gasteiger partial charge in [0.1, 0.15) is 0 Å². The van der Waals surface area contributed by atoms with Crippen LogP contribution in [-0.4, -0.2) is 37.6 Å². The lowest BCUT2D eigenvalue weighted by Gasteiger charge is -2.45. The van der Waals surface area contributed by atoms with Crippen LogP contribution in [-0.2, 0) is 6.42 Å². The zero-order valence-electron chi connectivity index (χ0n) is 12.1. The molecular formula is C14H25BrN2S. The molecule has 1 heterocycles. The Morgan fingerprint density at radius 2 is 2.00 bits per heavy atom. The Morgan fingerprint density at radius 1 is 1.39 bits per heavy atom. The van der Waals surface area contributed by atoms with Crippen LogP contribution in [0.1, 0.15) is 31.6 Å². The van der Waals surface area contributed by atoms with Crippen LogP contribution in [0.25, 0.3) is 0 Å². The first-order valence-electron chi connectivity index (χ1n) is 6.58. The molecule has 1 N–H and O–H groups in total. The largest absolute Gasteiger partial charge is 0.315 e. The number of rotatable bonds is 7. The number of halogens is 1. The molecule has 1 aromatic heterocycles. The molecule has 0 aliphatic carbocycles. The maximum absolute atomic E-state index is 3.64. The third kappa shape index (κ3) is 3.16. The Labute approximate surface area is 124 Å². The van der Waals surface area contributed by atoms with Crippen molar-refractivity contribution in [3.63, 3.8) is 0 Å². The highest BCUT2D eigenvalue weighted by Crippen LogP contribution is 2.31. The van der Waals surface area contributed by atoms with Gasteiger partial charge in [0, 0.05) is 20.9 Å². The van der Waals surface area contributed by atoms with Crippen molar-refractivity contribution in [1.29, 1.82) is 0 Å². The van der Waals surface area contributed by atoms with Crippen molar-refractivity contribution in [1.82, 2.24) is 10.2 Å². The van der Waals surface area contributed by atoms with Gasteiger partial charge >= 0.3 is 0 Å². The van der Waals surface area contributed by atoms with Crippen LogP contribution in [0.3, 0.4) is 0 Å². The van der Waals surface area contributed by atoms with E-state index < -0.39 is 0 Å². The Kier molecular flexibility index (Phi) is 6.31. The van der Waals surface area contributed by atoms with E-state index in [2.05, 4.69) is 72.6 Å². The minimum Gasteiger partial charge on any atom is -0.315 e. The molecule has 1 atom stereocenters. The predicted octanol–water partition coefficient (Wildman–Crippen LogP) is 3.76. The molecule has 0 radical (unpaired) electrons. The van der Waals surface area contributed by atoms with Crippen molar-refractivity contribution in [2.45, 2.75) is 44.7 Å². The van der Waals surface area contributed by atoms with Gasteiger partial charge < -0.3 is 10.2 Å². The van der Waals surface area contributed by atoms with Crippen LogP contribution in [0, 0.1) is 0 Å². The lowest BCUT2D eigenvalue weighted by Crippen LogP contribution is -2.58. The molecule has 0 bridgehead atoms. The van der Waals surface area contributed by atoms with Crippen LogP contribution in [0.5, 0.6) is 0 Å². The molecule has 0 spiro atoms. The molecule has 1 rings (SSSR count). The van der Waals surface area contributed by atoms with Gasteiger partial charge in [0.05, 0.1) is 0 Å². The molecule has 1 aromatic rings. The summed E-state index contributed by atoms with van der Waals surface area (Å²) in [7, 11) is 6.47. The number of hydrogen-bond donors (Lipinski definition) is 1. The van der Waals surface area contributed by atoms with Crippen LogP contribution >= 0.6 is 27.3 Å². The Balaban J connectivity index is 2.96. The summed E-state index contributed by atoms with van der Waals surface area (Å²) in [5, 5.41) is 5.69. The summed E-state index contributed by atoms with van der Waals surface area (Å²) in [5.41, 5.74) is 0.220. The summed E-state index contributed by atoms with van der Waals surface area (Å²) in [6.07, 6.45) is 3.39. The van der Waals surface area contributed by atoms with Crippen LogP contribution in [0.4, 0.5) is 0 Å². The molecule has 18 heavy (non-hydrogen) atoms. The van der Waals surface area contributed by atoms with Crippen LogP contribution in [0.2, 0.25) is 0 Å². The minimum absolute atomic E-state index is 0.220. The zero-order chi connectivity index (χ0) is 13.8. The third-order valence-electron chi connectivity index (χ3n) is 4.19. The Hall–Kier alpha value is 0.1000. The van der Waals surface area contributed by atoms with E-state index in [-0.39, 0.29) is 5.54 Å². The van der Waals surface area contributed by atoms with Gasteiger partial charge in [-0.25, -0.2) is 0 Å². The van der Waals surface area contributed by atoms with Gasteiger partial charge in [0.25, 0.3) is 0 Å². The molecule has 0 amide bonds. The molecule has 0 saturated heterocycles. The Bertz CT molecular complexity index is 358. The van der Waals surface area contributed by atoms with E-state index in [4.69, 9.17) is 0 Å². The first-order valence-corrected chi connectivity index (χ1v) is 8.25. The molecule has 4 heteroatoms. The normalized spacial score (nSPS) is 14.2. The second-order valence-electron chi connectivity index (χ2n) is 4.94. The SMILES string of the molecule is CCC(CC)(C(Cc1sccc1Br)NC)N(C)C. The molecule has 104 valence electrons. The van der Waals surface area contributed by atoms with E-state index in [1.54, 1.807) is 0 Å². The standard InChI is InChI=1S/C14H25BrN2S/c1-6-14(7-2,17(4)5)13(16-3)10-12-11(15)8-9-18-12/h8-9,13,16H,6-7,10H2,1-5H3. The van der Waals surface area contributed by atoms with Gasteiger partial charge in [-0.05, 0) is 67.8 Å². The minimum atomic E-state index is 0.220. The third-order valence-corrected chi connectivity index (χ3v) is 6.14. The van der Waals surface area contributed by atoms with E-state index in [1.807, 2.05) is 11.3 Å². The lowest BCUT2D eigenvalue weighted by atomic mass is 9.81.